The van der Waals surface area contributed by atoms with Crippen LogP contribution in [0, 0.1) is 5.92 Å². The number of Topliss-reactive ketones (excluding diaryl/α,β-unsaturated/α-hetero) is 1. The molecule has 0 bridgehead atoms. The number of hydrogen-bond acceptors (Lipinski definition) is 1. The molecule has 0 aliphatic heterocycles. The lowest BCUT2D eigenvalue weighted by Gasteiger charge is -2.29. The number of alkyl halides is 1. The number of ketones is 1. The summed E-state index contributed by atoms with van der Waals surface area (Å²) in [6, 6.07) is 0. The summed E-state index contributed by atoms with van der Waals surface area (Å²) in [5.74, 6) is 0.826. The Balaban J connectivity index is 2.63. The number of carbonyl (C=O) groups excluding carboxylic acids is 1. The van der Waals surface area contributed by atoms with E-state index in [-0.39, 0.29) is 5.78 Å². The van der Waals surface area contributed by atoms with E-state index < -0.39 is 4.87 Å². The second-order valence-electron chi connectivity index (χ2n) is 3.47. The van der Waals surface area contributed by atoms with E-state index in [1.807, 2.05) is 6.92 Å². The molecule has 2 atom stereocenters. The minimum atomic E-state index is -0.558. The Bertz CT molecular complexity index is 151. The molecule has 58 valence electrons. The molecule has 0 saturated heterocycles. The number of halogens is 1. The van der Waals surface area contributed by atoms with Gasteiger partial charge in [0, 0.05) is 6.42 Å². The topological polar surface area (TPSA) is 17.1 Å². The zero-order valence-corrected chi connectivity index (χ0v) is 7.24. The Morgan fingerprint density at radius 2 is 2.30 bits per heavy atom. The Kier molecular flexibility index (Phi) is 2.04. The van der Waals surface area contributed by atoms with Crippen LogP contribution in [0.15, 0.2) is 0 Å². The third-order valence-corrected chi connectivity index (χ3v) is 2.54. The van der Waals surface area contributed by atoms with Crippen molar-refractivity contribution in [1.29, 1.82) is 0 Å². The maximum absolute atomic E-state index is 11.1. The summed E-state index contributed by atoms with van der Waals surface area (Å²) in [5.41, 5.74) is 0. The van der Waals surface area contributed by atoms with Crippen LogP contribution in [-0.2, 0) is 4.79 Å². The first kappa shape index (κ1) is 8.06. The van der Waals surface area contributed by atoms with Crippen molar-refractivity contribution < 1.29 is 4.79 Å². The zero-order valence-electron chi connectivity index (χ0n) is 6.48. The average Bonchev–Trinajstić information content (AvgIpc) is 1.78. The van der Waals surface area contributed by atoms with E-state index in [2.05, 4.69) is 6.92 Å². The van der Waals surface area contributed by atoms with Crippen LogP contribution in [0.25, 0.3) is 0 Å². The summed E-state index contributed by atoms with van der Waals surface area (Å²) in [5, 5.41) is 0. The summed E-state index contributed by atoms with van der Waals surface area (Å²) in [6.45, 7) is 3.97. The fourth-order valence-electron chi connectivity index (χ4n) is 1.51. The highest BCUT2D eigenvalue weighted by atomic mass is 35.5. The summed E-state index contributed by atoms with van der Waals surface area (Å²) in [6.07, 6.45) is 2.52. The van der Waals surface area contributed by atoms with Gasteiger partial charge in [0.1, 0.15) is 4.87 Å². The van der Waals surface area contributed by atoms with Gasteiger partial charge in [0.25, 0.3) is 0 Å². The van der Waals surface area contributed by atoms with Crippen LogP contribution in [0.3, 0.4) is 0 Å². The van der Waals surface area contributed by atoms with Crippen molar-refractivity contribution in [2.75, 3.05) is 0 Å². The third-order valence-electron chi connectivity index (χ3n) is 2.18. The molecule has 1 nitrogen and oxygen atoms in total. The predicted molar refractivity (Wildman–Crippen MR) is 42.3 cm³/mol. The highest BCUT2D eigenvalue weighted by Gasteiger charge is 2.35. The summed E-state index contributed by atoms with van der Waals surface area (Å²) in [4.78, 5) is 10.6. The number of carbonyl (C=O) groups is 1. The molecule has 0 aromatic rings. The van der Waals surface area contributed by atoms with Gasteiger partial charge in [0.2, 0.25) is 0 Å². The van der Waals surface area contributed by atoms with Gasteiger partial charge in [-0.05, 0) is 25.7 Å². The molecule has 1 rings (SSSR count). The monoisotopic (exact) mass is 160 g/mol. The first-order valence-electron chi connectivity index (χ1n) is 3.74. The largest absolute Gasteiger partial charge is 0.298 e. The molecule has 0 heterocycles. The van der Waals surface area contributed by atoms with Crippen molar-refractivity contribution in [1.82, 2.24) is 0 Å². The molecule has 1 fully saturated rings. The molecule has 0 aromatic carbocycles. The number of rotatable bonds is 0. The summed E-state index contributed by atoms with van der Waals surface area (Å²) in [7, 11) is 0. The van der Waals surface area contributed by atoms with E-state index in [9.17, 15) is 4.79 Å². The lowest BCUT2D eigenvalue weighted by atomic mass is 9.82. The third kappa shape index (κ3) is 1.51. The van der Waals surface area contributed by atoms with Crippen LogP contribution in [0.2, 0.25) is 0 Å². The smallest absolute Gasteiger partial charge is 0.153 e. The molecular weight excluding hydrogens is 148 g/mol. The van der Waals surface area contributed by atoms with E-state index in [4.69, 9.17) is 11.6 Å². The van der Waals surface area contributed by atoms with Crippen LogP contribution in [0.1, 0.15) is 33.1 Å². The standard InChI is InChI=1S/C8H13ClO/c1-6-3-4-7(10)8(2,9)5-6/h6H,3-5H2,1-2H3. The van der Waals surface area contributed by atoms with Crippen molar-refractivity contribution in [2.45, 2.75) is 38.0 Å². The molecule has 0 aromatic heterocycles. The minimum absolute atomic E-state index is 0.215. The van der Waals surface area contributed by atoms with Gasteiger partial charge in [-0.2, -0.15) is 0 Å². The molecule has 1 aliphatic carbocycles. The van der Waals surface area contributed by atoms with Crippen molar-refractivity contribution in [3.8, 4) is 0 Å². The van der Waals surface area contributed by atoms with Crippen LogP contribution in [0.5, 0.6) is 0 Å². The first-order chi connectivity index (χ1) is 4.52. The van der Waals surface area contributed by atoms with Gasteiger partial charge in [-0.1, -0.05) is 6.92 Å². The van der Waals surface area contributed by atoms with Gasteiger partial charge < -0.3 is 0 Å². The minimum Gasteiger partial charge on any atom is -0.298 e. The van der Waals surface area contributed by atoms with Crippen LogP contribution < -0.4 is 0 Å². The molecule has 0 spiro atoms. The van der Waals surface area contributed by atoms with Crippen LogP contribution in [-0.4, -0.2) is 10.7 Å². The van der Waals surface area contributed by atoms with Gasteiger partial charge in [0.15, 0.2) is 5.78 Å². The predicted octanol–water partition coefficient (Wildman–Crippen LogP) is 2.37. The SMILES string of the molecule is CC1CCC(=O)C(C)(Cl)C1. The van der Waals surface area contributed by atoms with Gasteiger partial charge in [0.05, 0.1) is 0 Å². The molecule has 1 aliphatic rings. The Hall–Kier alpha value is -0.0400. The second kappa shape index (κ2) is 2.54. The fourth-order valence-corrected chi connectivity index (χ4v) is 1.87. The van der Waals surface area contributed by atoms with Crippen LogP contribution >= 0.6 is 11.6 Å². The van der Waals surface area contributed by atoms with Gasteiger partial charge >= 0.3 is 0 Å². The highest BCUT2D eigenvalue weighted by molar-refractivity contribution is 6.35. The molecule has 10 heavy (non-hydrogen) atoms. The normalized spacial score (nSPS) is 41.9. The zero-order chi connectivity index (χ0) is 7.78. The van der Waals surface area contributed by atoms with Gasteiger partial charge in [-0.15, -0.1) is 11.6 Å². The van der Waals surface area contributed by atoms with E-state index >= 15 is 0 Å². The quantitative estimate of drug-likeness (QED) is 0.498. The lowest BCUT2D eigenvalue weighted by Crippen LogP contribution is -2.35. The maximum atomic E-state index is 11.1. The fraction of sp³-hybridized carbons (Fsp3) is 0.875. The lowest BCUT2D eigenvalue weighted by molar-refractivity contribution is -0.123. The van der Waals surface area contributed by atoms with Crippen molar-refractivity contribution in [3.63, 3.8) is 0 Å². The molecular formula is C8H13ClO. The van der Waals surface area contributed by atoms with E-state index in [0.29, 0.717) is 12.3 Å². The van der Waals surface area contributed by atoms with Gasteiger partial charge in [-0.3, -0.25) is 4.79 Å². The molecule has 0 radical (unpaired) electrons. The van der Waals surface area contributed by atoms with Crippen molar-refractivity contribution >= 4 is 17.4 Å². The second-order valence-corrected chi connectivity index (χ2v) is 4.30. The van der Waals surface area contributed by atoms with E-state index in [1.165, 1.54) is 0 Å². The summed E-state index contributed by atoms with van der Waals surface area (Å²) < 4.78 is 0. The molecule has 2 unspecified atom stereocenters. The van der Waals surface area contributed by atoms with Gasteiger partial charge in [-0.25, -0.2) is 0 Å². The van der Waals surface area contributed by atoms with Crippen LogP contribution in [0.4, 0.5) is 0 Å². The Morgan fingerprint density at radius 3 is 2.70 bits per heavy atom. The Morgan fingerprint density at radius 1 is 1.70 bits per heavy atom. The maximum Gasteiger partial charge on any atom is 0.153 e. The first-order valence-corrected chi connectivity index (χ1v) is 4.12. The molecule has 1 saturated carbocycles. The van der Waals surface area contributed by atoms with Crippen molar-refractivity contribution in [2.24, 2.45) is 5.92 Å². The Labute approximate surface area is 66.8 Å². The van der Waals surface area contributed by atoms with Crippen molar-refractivity contribution in [3.05, 3.63) is 0 Å². The average molecular weight is 161 g/mol. The molecule has 0 N–H and O–H groups in total. The highest BCUT2D eigenvalue weighted by Crippen LogP contribution is 2.33. The summed E-state index contributed by atoms with van der Waals surface area (Å²) >= 11 is 5.97. The molecule has 0 amide bonds. The molecule has 2 heteroatoms. The van der Waals surface area contributed by atoms with E-state index in [0.717, 1.165) is 12.8 Å². The number of hydrogen-bond donors (Lipinski definition) is 0. The van der Waals surface area contributed by atoms with E-state index in [1.54, 1.807) is 0 Å².